The van der Waals surface area contributed by atoms with Gasteiger partial charge in [-0.05, 0) is 25.4 Å². The molecule has 0 unspecified atom stereocenters. The Morgan fingerprint density at radius 1 is 1.65 bits per heavy atom. The fourth-order valence-electron chi connectivity index (χ4n) is 1.26. The number of amides is 1. The fourth-order valence-corrected chi connectivity index (χ4v) is 1.39. The lowest BCUT2D eigenvalue weighted by Gasteiger charge is -2.18. The molecule has 0 radical (unpaired) electrons. The summed E-state index contributed by atoms with van der Waals surface area (Å²) < 4.78 is 13.4. The highest BCUT2D eigenvalue weighted by molar-refractivity contribution is 6.28. The van der Waals surface area contributed by atoms with Crippen LogP contribution in [0.2, 0.25) is 5.28 Å². The summed E-state index contributed by atoms with van der Waals surface area (Å²) in [5.74, 6) is -0.824. The van der Waals surface area contributed by atoms with Crippen LogP contribution < -0.4 is 10.2 Å². The molecule has 17 heavy (non-hydrogen) atoms. The maximum atomic E-state index is 13.4. The third-order valence-corrected chi connectivity index (χ3v) is 2.07. The van der Waals surface area contributed by atoms with E-state index in [4.69, 9.17) is 11.6 Å². The Morgan fingerprint density at radius 2 is 2.29 bits per heavy atom. The van der Waals surface area contributed by atoms with Crippen molar-refractivity contribution >= 4 is 23.3 Å². The largest absolute Gasteiger partial charge is 0.352 e. The van der Waals surface area contributed by atoms with Crippen LogP contribution in [0.25, 0.3) is 0 Å². The quantitative estimate of drug-likeness (QED) is 0.828. The number of rotatable bonds is 4. The predicted octanol–water partition coefficient (Wildman–Crippen LogP) is 1.23. The number of nitrogens with one attached hydrogen (secondary N) is 1. The smallest absolute Gasteiger partial charge is 0.239 e. The third kappa shape index (κ3) is 4.14. The van der Waals surface area contributed by atoms with Gasteiger partial charge in [0.1, 0.15) is 0 Å². The number of carbonyl (C=O) groups excluding carboxylic acids is 1. The predicted molar refractivity (Wildman–Crippen MR) is 63.5 cm³/mol. The molecule has 1 amide bonds. The van der Waals surface area contributed by atoms with Crippen molar-refractivity contribution in [3.63, 3.8) is 0 Å². The molecule has 1 heterocycles. The summed E-state index contributed by atoms with van der Waals surface area (Å²) in [6, 6.07) is 0.0368. The molecular formula is C10H14ClFN4O. The number of likely N-dealkylation sites (N-methyl/N-ethyl adjacent to an activating group) is 1. The van der Waals surface area contributed by atoms with Gasteiger partial charge in [-0.2, -0.15) is 4.98 Å². The number of hydrogen-bond acceptors (Lipinski definition) is 4. The molecule has 0 saturated carbocycles. The lowest BCUT2D eigenvalue weighted by Crippen LogP contribution is -2.39. The second kappa shape index (κ2) is 5.77. The standard InChI is InChI=1S/C10H14ClFN4O/c1-6(2)14-8(17)5-16(3)9-7(12)4-13-10(11)15-9/h4,6H,5H2,1-3H3,(H,14,17). The first kappa shape index (κ1) is 13.6. The number of nitrogens with zero attached hydrogens (tertiary/aromatic N) is 3. The van der Waals surface area contributed by atoms with E-state index in [-0.39, 0.29) is 29.6 Å². The van der Waals surface area contributed by atoms with Crippen LogP contribution >= 0.6 is 11.6 Å². The highest BCUT2D eigenvalue weighted by atomic mass is 35.5. The second-order valence-electron chi connectivity index (χ2n) is 3.89. The Bertz CT molecular complexity index is 413. The van der Waals surface area contributed by atoms with Crippen molar-refractivity contribution in [2.24, 2.45) is 0 Å². The number of hydrogen-bond donors (Lipinski definition) is 1. The molecule has 0 atom stereocenters. The van der Waals surface area contributed by atoms with Gasteiger partial charge in [0, 0.05) is 13.1 Å². The van der Waals surface area contributed by atoms with Gasteiger partial charge in [0.25, 0.3) is 0 Å². The Balaban J connectivity index is 2.72. The van der Waals surface area contributed by atoms with E-state index in [9.17, 15) is 9.18 Å². The number of aromatic nitrogens is 2. The minimum absolute atomic E-state index is 0.00242. The molecule has 0 aromatic carbocycles. The summed E-state index contributed by atoms with van der Waals surface area (Å²) in [5, 5.41) is 2.64. The lowest BCUT2D eigenvalue weighted by atomic mass is 10.4. The molecule has 0 aliphatic rings. The van der Waals surface area contributed by atoms with Gasteiger partial charge in [-0.1, -0.05) is 0 Å². The number of halogens is 2. The van der Waals surface area contributed by atoms with Crippen LogP contribution in [-0.2, 0) is 4.79 Å². The molecule has 0 spiro atoms. The normalized spacial score (nSPS) is 10.5. The molecule has 0 aliphatic carbocycles. The Labute approximate surface area is 104 Å². The minimum atomic E-state index is -0.616. The van der Waals surface area contributed by atoms with E-state index in [0.717, 1.165) is 6.20 Å². The van der Waals surface area contributed by atoms with E-state index in [1.54, 1.807) is 7.05 Å². The Kier molecular flexibility index (Phi) is 4.62. The van der Waals surface area contributed by atoms with Gasteiger partial charge in [-0.15, -0.1) is 0 Å². The lowest BCUT2D eigenvalue weighted by molar-refractivity contribution is -0.120. The molecule has 0 aliphatic heterocycles. The molecule has 94 valence electrons. The molecule has 5 nitrogen and oxygen atoms in total. The fraction of sp³-hybridized carbons (Fsp3) is 0.500. The Morgan fingerprint density at radius 3 is 2.88 bits per heavy atom. The first-order valence-corrected chi connectivity index (χ1v) is 5.46. The van der Waals surface area contributed by atoms with Crippen LogP contribution in [0.3, 0.4) is 0 Å². The molecule has 1 rings (SSSR count). The average Bonchev–Trinajstić information content (AvgIpc) is 2.20. The van der Waals surface area contributed by atoms with Gasteiger partial charge < -0.3 is 10.2 Å². The van der Waals surface area contributed by atoms with Crippen LogP contribution in [0.5, 0.6) is 0 Å². The summed E-state index contributed by atoms with van der Waals surface area (Å²) >= 11 is 5.57. The molecule has 1 aromatic rings. The molecule has 0 saturated heterocycles. The zero-order valence-electron chi connectivity index (χ0n) is 9.87. The summed E-state index contributed by atoms with van der Waals surface area (Å²) in [5.41, 5.74) is 0. The summed E-state index contributed by atoms with van der Waals surface area (Å²) in [7, 11) is 1.56. The van der Waals surface area contributed by atoms with Crippen molar-refractivity contribution in [1.29, 1.82) is 0 Å². The highest BCUT2D eigenvalue weighted by Crippen LogP contribution is 2.15. The number of carbonyl (C=O) groups is 1. The Hall–Kier alpha value is -1.43. The van der Waals surface area contributed by atoms with E-state index in [2.05, 4.69) is 15.3 Å². The van der Waals surface area contributed by atoms with Gasteiger partial charge in [-0.3, -0.25) is 4.79 Å². The first-order valence-electron chi connectivity index (χ1n) is 5.08. The van der Waals surface area contributed by atoms with Gasteiger partial charge in [0.2, 0.25) is 11.2 Å². The van der Waals surface area contributed by atoms with Crippen molar-refractivity contribution in [3.05, 3.63) is 17.3 Å². The average molecular weight is 261 g/mol. The van der Waals surface area contributed by atoms with Crippen LogP contribution in [0, 0.1) is 5.82 Å². The third-order valence-electron chi connectivity index (χ3n) is 1.89. The monoisotopic (exact) mass is 260 g/mol. The van der Waals surface area contributed by atoms with E-state index in [0.29, 0.717) is 0 Å². The van der Waals surface area contributed by atoms with Crippen LogP contribution in [0.4, 0.5) is 10.2 Å². The first-order chi connectivity index (χ1) is 7.90. The minimum Gasteiger partial charge on any atom is -0.352 e. The van der Waals surface area contributed by atoms with Gasteiger partial charge in [0.15, 0.2) is 11.6 Å². The zero-order valence-corrected chi connectivity index (χ0v) is 10.6. The van der Waals surface area contributed by atoms with E-state index in [1.165, 1.54) is 4.90 Å². The van der Waals surface area contributed by atoms with Crippen molar-refractivity contribution in [2.45, 2.75) is 19.9 Å². The van der Waals surface area contributed by atoms with Crippen LogP contribution in [0.15, 0.2) is 6.20 Å². The van der Waals surface area contributed by atoms with E-state index < -0.39 is 5.82 Å². The molecular weight excluding hydrogens is 247 g/mol. The zero-order chi connectivity index (χ0) is 13.0. The van der Waals surface area contributed by atoms with E-state index in [1.807, 2.05) is 13.8 Å². The van der Waals surface area contributed by atoms with Gasteiger partial charge in [-0.25, -0.2) is 9.37 Å². The van der Waals surface area contributed by atoms with E-state index >= 15 is 0 Å². The van der Waals surface area contributed by atoms with Gasteiger partial charge in [0.05, 0.1) is 12.7 Å². The second-order valence-corrected chi connectivity index (χ2v) is 4.23. The molecule has 1 N–H and O–H groups in total. The summed E-state index contributed by atoms with van der Waals surface area (Å²) in [4.78, 5) is 20.1. The SMILES string of the molecule is CC(C)NC(=O)CN(C)c1nc(Cl)ncc1F. The van der Waals surface area contributed by atoms with Crippen molar-refractivity contribution in [1.82, 2.24) is 15.3 Å². The molecule has 0 bridgehead atoms. The maximum Gasteiger partial charge on any atom is 0.239 e. The van der Waals surface area contributed by atoms with Crippen molar-refractivity contribution in [2.75, 3.05) is 18.5 Å². The molecule has 7 heteroatoms. The van der Waals surface area contributed by atoms with Crippen LogP contribution in [-0.4, -0.2) is 35.5 Å². The maximum absolute atomic E-state index is 13.4. The highest BCUT2D eigenvalue weighted by Gasteiger charge is 2.14. The van der Waals surface area contributed by atoms with Crippen molar-refractivity contribution < 1.29 is 9.18 Å². The van der Waals surface area contributed by atoms with Crippen LogP contribution in [0.1, 0.15) is 13.8 Å². The topological polar surface area (TPSA) is 58.1 Å². The number of anilines is 1. The summed E-state index contributed by atoms with van der Waals surface area (Å²) in [6.07, 6.45) is 0.974. The summed E-state index contributed by atoms with van der Waals surface area (Å²) in [6.45, 7) is 3.70. The van der Waals surface area contributed by atoms with Crippen molar-refractivity contribution in [3.8, 4) is 0 Å². The molecule has 1 aromatic heterocycles. The van der Waals surface area contributed by atoms with Gasteiger partial charge >= 0.3 is 0 Å². The molecule has 0 fully saturated rings.